The summed E-state index contributed by atoms with van der Waals surface area (Å²) in [6, 6.07) is 22.9. The van der Waals surface area contributed by atoms with E-state index in [2.05, 4.69) is 21.3 Å². The summed E-state index contributed by atoms with van der Waals surface area (Å²) in [5.74, 6) is 0.0538. The highest BCUT2D eigenvalue weighted by Crippen LogP contribution is 2.29. The molecule has 4 rings (SSSR count). The molecule has 0 spiro atoms. The smallest absolute Gasteiger partial charge is 0.323 e. The van der Waals surface area contributed by atoms with E-state index in [-0.39, 0.29) is 18.7 Å². The van der Waals surface area contributed by atoms with Crippen molar-refractivity contribution in [1.82, 2.24) is 5.32 Å². The molecule has 0 aliphatic rings. The molecule has 0 unspecified atom stereocenters. The standard InChI is InChI=1S/C36H38N4O8/c1-22-8-6-7-9-27(22)39-36(44)40-28-16-10-23(18-31(28)46-3)19-33(41)37-26-14-11-24(12-15-26)29(21-34(42)48-5)38-35(43)25-13-17-30(45-2)32(20-25)47-4/h6-18,20,29H,19,21H2,1-5H3,(H,37,41)(H,38,43)(H2,39,40,44)/t29-/m1/s1. The van der Waals surface area contributed by atoms with Crippen molar-refractivity contribution < 1.29 is 38.1 Å². The topological polar surface area (TPSA) is 153 Å². The van der Waals surface area contributed by atoms with Gasteiger partial charge in [-0.25, -0.2) is 4.79 Å². The molecule has 250 valence electrons. The Morgan fingerprint density at radius 3 is 2.04 bits per heavy atom. The van der Waals surface area contributed by atoms with Crippen molar-refractivity contribution in [2.75, 3.05) is 44.4 Å². The number of urea groups is 1. The third kappa shape index (κ3) is 9.25. The molecule has 0 fully saturated rings. The molecule has 0 aliphatic heterocycles. The predicted molar refractivity (Wildman–Crippen MR) is 182 cm³/mol. The molecule has 0 heterocycles. The summed E-state index contributed by atoms with van der Waals surface area (Å²) in [5.41, 5.74) is 4.20. The Kier molecular flexibility index (Phi) is 12.0. The van der Waals surface area contributed by atoms with E-state index in [0.29, 0.717) is 51.0 Å². The summed E-state index contributed by atoms with van der Waals surface area (Å²) in [7, 11) is 5.73. The van der Waals surface area contributed by atoms with E-state index >= 15 is 0 Å². The van der Waals surface area contributed by atoms with E-state index < -0.39 is 23.9 Å². The van der Waals surface area contributed by atoms with Crippen LogP contribution in [0.3, 0.4) is 0 Å². The molecule has 0 aromatic heterocycles. The van der Waals surface area contributed by atoms with Crippen molar-refractivity contribution in [2.24, 2.45) is 0 Å². The zero-order valence-electron chi connectivity index (χ0n) is 27.3. The number of rotatable bonds is 13. The quantitative estimate of drug-likeness (QED) is 0.130. The van der Waals surface area contributed by atoms with Crippen molar-refractivity contribution in [3.63, 3.8) is 0 Å². The van der Waals surface area contributed by atoms with Gasteiger partial charge in [-0.1, -0.05) is 36.4 Å². The highest BCUT2D eigenvalue weighted by Gasteiger charge is 2.21. The maximum atomic E-state index is 13.1. The fourth-order valence-corrected chi connectivity index (χ4v) is 4.85. The summed E-state index contributed by atoms with van der Waals surface area (Å²) < 4.78 is 20.8. The molecule has 0 saturated heterocycles. The van der Waals surface area contributed by atoms with Crippen LogP contribution in [0.4, 0.5) is 21.9 Å². The number of para-hydroxylation sites is 1. The molecule has 4 aromatic carbocycles. The number of hydrogen-bond donors (Lipinski definition) is 4. The summed E-state index contributed by atoms with van der Waals surface area (Å²) in [4.78, 5) is 50.8. The molecule has 12 nitrogen and oxygen atoms in total. The highest BCUT2D eigenvalue weighted by atomic mass is 16.5. The molecular formula is C36H38N4O8. The number of aryl methyl sites for hydroxylation is 1. The van der Waals surface area contributed by atoms with E-state index in [1.54, 1.807) is 60.7 Å². The molecular weight excluding hydrogens is 616 g/mol. The van der Waals surface area contributed by atoms with Gasteiger partial charge in [0.1, 0.15) is 5.75 Å². The number of esters is 1. The molecule has 1 atom stereocenters. The van der Waals surface area contributed by atoms with Crippen molar-refractivity contribution in [1.29, 1.82) is 0 Å². The van der Waals surface area contributed by atoms with Crippen LogP contribution in [0.25, 0.3) is 0 Å². The van der Waals surface area contributed by atoms with Gasteiger partial charge < -0.3 is 40.2 Å². The first kappa shape index (κ1) is 34.8. The minimum Gasteiger partial charge on any atom is -0.495 e. The average Bonchev–Trinajstić information content (AvgIpc) is 3.09. The Balaban J connectivity index is 1.39. The third-order valence-corrected chi connectivity index (χ3v) is 7.42. The molecule has 0 saturated carbocycles. The molecule has 0 radical (unpaired) electrons. The number of benzene rings is 4. The first-order chi connectivity index (χ1) is 23.1. The van der Waals surface area contributed by atoms with Gasteiger partial charge in [0.2, 0.25) is 5.91 Å². The zero-order chi connectivity index (χ0) is 34.6. The van der Waals surface area contributed by atoms with Gasteiger partial charge in [0.15, 0.2) is 11.5 Å². The van der Waals surface area contributed by atoms with Crippen molar-refractivity contribution >= 4 is 40.9 Å². The van der Waals surface area contributed by atoms with E-state index in [4.69, 9.17) is 18.9 Å². The highest BCUT2D eigenvalue weighted by molar-refractivity contribution is 6.01. The number of hydrogen-bond acceptors (Lipinski definition) is 8. The second kappa shape index (κ2) is 16.5. The molecule has 4 N–H and O–H groups in total. The van der Waals surface area contributed by atoms with E-state index in [1.807, 2.05) is 31.2 Å². The van der Waals surface area contributed by atoms with Crippen LogP contribution in [0.15, 0.2) is 84.9 Å². The van der Waals surface area contributed by atoms with Crippen LogP contribution >= 0.6 is 0 Å². The third-order valence-electron chi connectivity index (χ3n) is 7.42. The second-order valence-corrected chi connectivity index (χ2v) is 10.7. The molecule has 0 bridgehead atoms. The summed E-state index contributed by atoms with van der Waals surface area (Å²) >= 11 is 0. The second-order valence-electron chi connectivity index (χ2n) is 10.7. The Bertz CT molecular complexity index is 1770. The van der Waals surface area contributed by atoms with Crippen LogP contribution in [0.2, 0.25) is 0 Å². The minimum absolute atomic E-state index is 0.0418. The summed E-state index contributed by atoms with van der Waals surface area (Å²) in [6.45, 7) is 1.90. The van der Waals surface area contributed by atoms with Gasteiger partial charge >= 0.3 is 12.0 Å². The van der Waals surface area contributed by atoms with Crippen LogP contribution in [-0.4, -0.2) is 52.3 Å². The Morgan fingerprint density at radius 2 is 1.38 bits per heavy atom. The molecule has 4 amide bonds. The van der Waals surface area contributed by atoms with Crippen LogP contribution < -0.4 is 35.5 Å². The maximum Gasteiger partial charge on any atom is 0.323 e. The lowest BCUT2D eigenvalue weighted by Gasteiger charge is -2.19. The lowest BCUT2D eigenvalue weighted by Crippen LogP contribution is -2.30. The molecule has 48 heavy (non-hydrogen) atoms. The number of methoxy groups -OCH3 is 4. The van der Waals surface area contributed by atoms with Crippen LogP contribution in [0.5, 0.6) is 17.2 Å². The van der Waals surface area contributed by atoms with Crippen molar-refractivity contribution in [3.8, 4) is 17.2 Å². The lowest BCUT2D eigenvalue weighted by atomic mass is 10.0. The first-order valence-electron chi connectivity index (χ1n) is 14.9. The average molecular weight is 655 g/mol. The zero-order valence-corrected chi connectivity index (χ0v) is 27.3. The van der Waals surface area contributed by atoms with Crippen molar-refractivity contribution in [2.45, 2.75) is 25.8 Å². The number of carbonyl (C=O) groups excluding carboxylic acids is 4. The minimum atomic E-state index is -0.707. The van der Waals surface area contributed by atoms with E-state index in [0.717, 1.165) is 5.56 Å². The monoisotopic (exact) mass is 654 g/mol. The molecule has 4 aromatic rings. The molecule has 12 heteroatoms. The molecule has 0 aliphatic carbocycles. The van der Waals surface area contributed by atoms with Crippen LogP contribution in [0.1, 0.15) is 39.5 Å². The SMILES string of the molecule is COC(=O)C[C@@H](NC(=O)c1ccc(OC)c(OC)c1)c1ccc(NC(=O)Cc2ccc(NC(=O)Nc3ccccc3C)c(OC)c2)cc1. The summed E-state index contributed by atoms with van der Waals surface area (Å²) in [6.07, 6.45) is -0.0678. The number of anilines is 3. The first-order valence-corrected chi connectivity index (χ1v) is 14.9. The largest absolute Gasteiger partial charge is 0.495 e. The predicted octanol–water partition coefficient (Wildman–Crippen LogP) is 5.88. The Hall–Kier alpha value is -6.04. The maximum absolute atomic E-state index is 13.1. The van der Waals surface area contributed by atoms with Gasteiger partial charge in [0, 0.05) is 16.9 Å². The number of amides is 4. The van der Waals surface area contributed by atoms with Crippen LogP contribution in [0, 0.1) is 6.92 Å². The Labute approximate surface area is 278 Å². The summed E-state index contributed by atoms with van der Waals surface area (Å²) in [5, 5.41) is 11.3. The van der Waals surface area contributed by atoms with Gasteiger partial charge in [0.25, 0.3) is 5.91 Å². The number of nitrogens with one attached hydrogen (secondary N) is 4. The van der Waals surface area contributed by atoms with Gasteiger partial charge in [-0.05, 0) is 72.1 Å². The van der Waals surface area contributed by atoms with Gasteiger partial charge in [-0.2, -0.15) is 0 Å². The lowest BCUT2D eigenvalue weighted by molar-refractivity contribution is -0.141. The van der Waals surface area contributed by atoms with Gasteiger partial charge in [-0.3, -0.25) is 14.4 Å². The van der Waals surface area contributed by atoms with Gasteiger partial charge in [0.05, 0.1) is 53.0 Å². The number of ether oxygens (including phenoxy) is 4. The number of carbonyl (C=O) groups is 4. The van der Waals surface area contributed by atoms with Crippen LogP contribution in [-0.2, 0) is 20.7 Å². The van der Waals surface area contributed by atoms with Gasteiger partial charge in [-0.15, -0.1) is 0 Å². The Morgan fingerprint density at radius 1 is 0.688 bits per heavy atom. The normalized spacial score (nSPS) is 11.0. The fraction of sp³-hybridized carbons (Fsp3) is 0.222. The fourth-order valence-electron chi connectivity index (χ4n) is 4.85. The van der Waals surface area contributed by atoms with Crippen molar-refractivity contribution in [3.05, 3.63) is 107 Å². The van der Waals surface area contributed by atoms with E-state index in [9.17, 15) is 19.2 Å². The van der Waals surface area contributed by atoms with E-state index in [1.165, 1.54) is 28.4 Å².